The highest BCUT2D eigenvalue weighted by atomic mass is 16.7. The molecular weight excluding hydrogens is 474 g/mol. The van der Waals surface area contributed by atoms with Gasteiger partial charge < -0.3 is 19.8 Å². The zero-order valence-electron chi connectivity index (χ0n) is 20.8. The normalized spacial score (nSPS) is 26.4. The minimum absolute atomic E-state index is 0.00939. The fraction of sp³-hybridized carbons (Fsp3) is 0.429. The first-order valence-corrected chi connectivity index (χ1v) is 12.8. The molecule has 0 radical (unpaired) electrons. The van der Waals surface area contributed by atoms with Gasteiger partial charge in [0, 0.05) is 17.7 Å². The summed E-state index contributed by atoms with van der Waals surface area (Å²) in [6.07, 6.45) is 6.21. The number of carbonyl (C=O) groups is 2. The number of amides is 2. The second-order valence-corrected chi connectivity index (χ2v) is 10.4. The van der Waals surface area contributed by atoms with Gasteiger partial charge in [-0.15, -0.1) is 0 Å². The Balaban J connectivity index is 1.33. The second kappa shape index (κ2) is 9.08. The van der Waals surface area contributed by atoms with E-state index in [-0.39, 0.29) is 30.4 Å². The third-order valence-corrected chi connectivity index (χ3v) is 8.16. The van der Waals surface area contributed by atoms with E-state index in [9.17, 15) is 19.8 Å². The summed E-state index contributed by atoms with van der Waals surface area (Å²) in [5.74, 6) is 0.246. The van der Waals surface area contributed by atoms with Gasteiger partial charge in [0.1, 0.15) is 30.3 Å². The Morgan fingerprint density at radius 1 is 1.22 bits per heavy atom. The lowest BCUT2D eigenvalue weighted by atomic mass is 9.69. The number of para-hydroxylation sites is 1. The number of hydrogen-bond acceptors (Lipinski definition) is 6. The molecule has 2 amide bonds. The summed E-state index contributed by atoms with van der Waals surface area (Å²) in [5.41, 5.74) is 2.90. The van der Waals surface area contributed by atoms with Crippen LogP contribution < -0.4 is 9.64 Å². The van der Waals surface area contributed by atoms with Crippen molar-refractivity contribution in [1.29, 1.82) is 0 Å². The Hall–Kier alpha value is -3.56. The molecule has 3 aliphatic heterocycles. The number of anilines is 1. The molecule has 9 nitrogen and oxygen atoms in total. The van der Waals surface area contributed by atoms with E-state index in [1.165, 1.54) is 5.06 Å². The van der Waals surface area contributed by atoms with Gasteiger partial charge in [-0.1, -0.05) is 36.4 Å². The van der Waals surface area contributed by atoms with E-state index < -0.39 is 18.0 Å². The Kier molecular flexibility index (Phi) is 5.84. The number of nitrogens with zero attached hydrogens (tertiary/aromatic N) is 3. The van der Waals surface area contributed by atoms with E-state index in [0.717, 1.165) is 48.4 Å². The van der Waals surface area contributed by atoms with Crippen LogP contribution in [0.3, 0.4) is 0 Å². The van der Waals surface area contributed by atoms with Crippen molar-refractivity contribution in [2.75, 3.05) is 25.0 Å². The molecule has 0 aromatic heterocycles. The minimum atomic E-state index is -1.20. The first-order chi connectivity index (χ1) is 17.9. The largest absolute Gasteiger partial charge is 0.508 e. The molecule has 37 heavy (non-hydrogen) atoms. The van der Waals surface area contributed by atoms with Crippen molar-refractivity contribution in [1.82, 2.24) is 9.96 Å². The number of hydrogen-bond donors (Lipinski definition) is 2. The minimum Gasteiger partial charge on any atom is -0.508 e. The fourth-order valence-electron chi connectivity index (χ4n) is 6.33. The van der Waals surface area contributed by atoms with Gasteiger partial charge in [-0.3, -0.25) is 14.5 Å². The van der Waals surface area contributed by atoms with Crippen LogP contribution >= 0.6 is 0 Å². The lowest BCUT2D eigenvalue weighted by molar-refractivity contribution is -0.182. The third-order valence-electron chi connectivity index (χ3n) is 8.16. The van der Waals surface area contributed by atoms with E-state index in [0.29, 0.717) is 23.4 Å². The highest BCUT2D eigenvalue weighted by Crippen LogP contribution is 2.56. The molecule has 0 unspecified atom stereocenters. The molecule has 3 heterocycles. The van der Waals surface area contributed by atoms with E-state index >= 15 is 0 Å². The van der Waals surface area contributed by atoms with Crippen LogP contribution in [0.25, 0.3) is 0 Å². The average molecular weight is 506 g/mol. The van der Waals surface area contributed by atoms with Crippen LogP contribution in [-0.4, -0.2) is 64.5 Å². The van der Waals surface area contributed by atoms with Gasteiger partial charge in [0.05, 0.1) is 17.6 Å². The number of carbonyl (C=O) groups excluding carboxylic acids is 1. The van der Waals surface area contributed by atoms with Crippen molar-refractivity contribution in [3.8, 4) is 11.5 Å². The van der Waals surface area contributed by atoms with Crippen molar-refractivity contribution >= 4 is 17.7 Å². The van der Waals surface area contributed by atoms with E-state index in [4.69, 9.17) is 9.57 Å². The number of rotatable bonds is 5. The molecule has 2 N–H and O–H groups in total. The molecule has 4 aliphatic rings. The molecular formula is C28H31N3O6. The maximum Gasteiger partial charge on any atom is 0.412 e. The van der Waals surface area contributed by atoms with Gasteiger partial charge in [0.2, 0.25) is 0 Å². The monoisotopic (exact) mass is 505 g/mol. The van der Waals surface area contributed by atoms with Gasteiger partial charge in [-0.25, -0.2) is 9.86 Å². The molecule has 194 valence electrons. The number of ether oxygens (including phenoxy) is 1. The maximum absolute atomic E-state index is 13.4. The van der Waals surface area contributed by atoms with Crippen LogP contribution in [0.4, 0.5) is 10.5 Å². The van der Waals surface area contributed by atoms with Crippen LogP contribution in [0.5, 0.6) is 11.5 Å². The van der Waals surface area contributed by atoms with Gasteiger partial charge in [0.15, 0.2) is 0 Å². The number of phenolic OH excluding ortho intramolecular Hbond substituents is 1. The number of phenols is 1. The Bertz CT molecular complexity index is 1280. The van der Waals surface area contributed by atoms with Crippen LogP contribution in [0, 0.1) is 0 Å². The predicted molar refractivity (Wildman–Crippen MR) is 135 cm³/mol. The van der Waals surface area contributed by atoms with Crippen molar-refractivity contribution in [3.63, 3.8) is 0 Å². The van der Waals surface area contributed by atoms with Crippen LogP contribution in [0.1, 0.15) is 42.4 Å². The van der Waals surface area contributed by atoms with Crippen LogP contribution in [0.2, 0.25) is 0 Å². The van der Waals surface area contributed by atoms with Gasteiger partial charge in [-0.2, -0.15) is 0 Å². The summed E-state index contributed by atoms with van der Waals surface area (Å²) in [4.78, 5) is 35.1. The van der Waals surface area contributed by atoms with E-state index in [1.54, 1.807) is 30.3 Å². The smallest absolute Gasteiger partial charge is 0.412 e. The SMILES string of the molecule is CN1CC[C@@]23C=CCC[C@@H]2Oc2c(N(C(=O)O)[C@@H]4CCN(OCc5ccccc5O)C4=O)ccc(c23)C1. The Labute approximate surface area is 215 Å². The highest BCUT2D eigenvalue weighted by molar-refractivity contribution is 5.99. The zero-order chi connectivity index (χ0) is 25.7. The molecule has 1 fully saturated rings. The quantitative estimate of drug-likeness (QED) is 0.596. The zero-order valence-corrected chi connectivity index (χ0v) is 20.8. The summed E-state index contributed by atoms with van der Waals surface area (Å²) in [6, 6.07) is 9.61. The number of allylic oxidation sites excluding steroid dienone is 1. The van der Waals surface area contributed by atoms with Crippen molar-refractivity contribution < 1.29 is 29.4 Å². The topological polar surface area (TPSA) is 103 Å². The Morgan fingerprint density at radius 3 is 2.86 bits per heavy atom. The average Bonchev–Trinajstić information content (AvgIpc) is 3.37. The standard InChI is InChI=1S/C28H31N3O6/c1-29-15-13-28-12-5-4-8-23(28)37-25-20(10-9-18(16-29)24(25)28)31(27(34)35)21-11-14-30(26(21)33)36-17-19-6-2-3-7-22(19)32/h2-3,5-7,9-10,12,21,23,32H,4,8,11,13-17H2,1H3,(H,34,35)/t21-,23+,28+/m1/s1. The second-order valence-electron chi connectivity index (χ2n) is 10.4. The number of carboxylic acid groups (broad SMARTS) is 1. The first kappa shape index (κ1) is 23.8. The summed E-state index contributed by atoms with van der Waals surface area (Å²) >= 11 is 0. The highest BCUT2D eigenvalue weighted by Gasteiger charge is 2.52. The number of benzene rings is 2. The fourth-order valence-corrected chi connectivity index (χ4v) is 6.33. The molecule has 2 aromatic carbocycles. The Morgan fingerprint density at radius 2 is 2.05 bits per heavy atom. The predicted octanol–water partition coefficient (Wildman–Crippen LogP) is 3.79. The third kappa shape index (κ3) is 3.84. The van der Waals surface area contributed by atoms with Crippen molar-refractivity contribution in [2.45, 2.75) is 56.4 Å². The lowest BCUT2D eigenvalue weighted by Crippen LogP contribution is -2.45. The number of hydroxylamine groups is 2. The van der Waals surface area contributed by atoms with Gasteiger partial charge in [-0.05, 0) is 57.0 Å². The summed E-state index contributed by atoms with van der Waals surface area (Å²) in [5, 5.41) is 21.5. The molecule has 3 atom stereocenters. The molecule has 6 rings (SSSR count). The van der Waals surface area contributed by atoms with Crippen molar-refractivity contribution in [3.05, 3.63) is 65.2 Å². The van der Waals surface area contributed by atoms with E-state index in [2.05, 4.69) is 24.1 Å². The molecule has 1 spiro atoms. The number of aromatic hydroxyl groups is 1. The van der Waals surface area contributed by atoms with Gasteiger partial charge >= 0.3 is 6.09 Å². The molecule has 9 heteroatoms. The molecule has 2 aromatic rings. The summed E-state index contributed by atoms with van der Waals surface area (Å²) in [6.45, 7) is 1.94. The lowest BCUT2D eigenvalue weighted by Gasteiger charge is -2.34. The van der Waals surface area contributed by atoms with Crippen LogP contribution in [-0.2, 0) is 28.2 Å². The molecule has 0 bridgehead atoms. The molecule has 0 saturated carbocycles. The van der Waals surface area contributed by atoms with Gasteiger partial charge in [0.25, 0.3) is 5.91 Å². The maximum atomic E-state index is 13.4. The first-order valence-electron chi connectivity index (χ1n) is 12.8. The van der Waals surface area contributed by atoms with Crippen LogP contribution in [0.15, 0.2) is 48.6 Å². The van der Waals surface area contributed by atoms with E-state index in [1.807, 2.05) is 6.07 Å². The molecule has 1 saturated heterocycles. The molecule has 1 aliphatic carbocycles. The van der Waals surface area contributed by atoms with Crippen molar-refractivity contribution in [2.24, 2.45) is 0 Å². The summed E-state index contributed by atoms with van der Waals surface area (Å²) in [7, 11) is 2.10. The summed E-state index contributed by atoms with van der Waals surface area (Å²) < 4.78 is 6.56.